The van der Waals surface area contributed by atoms with Crippen molar-refractivity contribution < 1.29 is 8.39 Å². The van der Waals surface area contributed by atoms with Gasteiger partial charge in [-0.3, -0.25) is 4.18 Å². The Balaban J connectivity index is 1.99. The second-order valence-corrected chi connectivity index (χ2v) is 5.17. The third-order valence-corrected chi connectivity index (χ3v) is 3.71. The predicted octanol–water partition coefficient (Wildman–Crippen LogP) is 3.14. The molecule has 1 aromatic carbocycles. The Morgan fingerprint density at radius 1 is 1.31 bits per heavy atom. The van der Waals surface area contributed by atoms with Crippen molar-refractivity contribution in [2.75, 3.05) is 0 Å². The Labute approximate surface area is 99.0 Å². The van der Waals surface area contributed by atoms with Crippen LogP contribution in [0.2, 0.25) is 0 Å². The van der Waals surface area contributed by atoms with Crippen LogP contribution in [0, 0.1) is 6.92 Å². The zero-order valence-corrected chi connectivity index (χ0v) is 10.2. The number of benzene rings is 1. The summed E-state index contributed by atoms with van der Waals surface area (Å²) < 4.78 is 17.4. The molecule has 0 saturated carbocycles. The Kier molecular flexibility index (Phi) is 3.91. The summed E-state index contributed by atoms with van der Waals surface area (Å²) in [4.78, 5) is 0.740. The summed E-state index contributed by atoms with van der Waals surface area (Å²) in [6, 6.07) is 7.62. The summed E-state index contributed by atoms with van der Waals surface area (Å²) in [5, 5.41) is 0. The van der Waals surface area contributed by atoms with E-state index in [1.807, 2.05) is 37.3 Å². The predicted molar refractivity (Wildman–Crippen MR) is 65.5 cm³/mol. The minimum absolute atomic E-state index is 0.0101. The first kappa shape index (κ1) is 11.6. The van der Waals surface area contributed by atoms with Crippen LogP contribution in [0.25, 0.3) is 0 Å². The Morgan fingerprint density at radius 2 is 2.06 bits per heavy atom. The largest absolute Gasteiger partial charge is 0.279 e. The van der Waals surface area contributed by atoms with Crippen LogP contribution in [0.4, 0.5) is 0 Å². The molecule has 0 bridgehead atoms. The van der Waals surface area contributed by atoms with Gasteiger partial charge in [-0.1, -0.05) is 29.8 Å². The molecule has 2 nitrogen and oxygen atoms in total. The van der Waals surface area contributed by atoms with Crippen molar-refractivity contribution >= 4 is 11.1 Å². The second kappa shape index (κ2) is 5.41. The lowest BCUT2D eigenvalue weighted by atomic mass is 10.1. The third-order valence-electron chi connectivity index (χ3n) is 2.63. The van der Waals surface area contributed by atoms with E-state index < -0.39 is 11.1 Å². The van der Waals surface area contributed by atoms with E-state index in [4.69, 9.17) is 4.18 Å². The molecule has 0 fully saturated rings. The van der Waals surface area contributed by atoms with Gasteiger partial charge in [-0.15, -0.1) is 0 Å². The van der Waals surface area contributed by atoms with E-state index in [0.29, 0.717) is 0 Å². The van der Waals surface area contributed by atoms with E-state index in [1.165, 1.54) is 5.56 Å². The highest BCUT2D eigenvalue weighted by atomic mass is 32.2. The summed E-state index contributed by atoms with van der Waals surface area (Å²) in [7, 11) is 0. The lowest BCUT2D eigenvalue weighted by Gasteiger charge is -2.15. The molecule has 2 atom stereocenters. The maximum absolute atomic E-state index is 11.9. The van der Waals surface area contributed by atoms with E-state index in [9.17, 15) is 4.21 Å². The molecule has 1 aliphatic carbocycles. The first-order chi connectivity index (χ1) is 7.75. The SMILES string of the molecule is Cc1ccc(S(=O)OC2C=CCCC2)cc1. The molecule has 0 N–H and O–H groups in total. The number of rotatable bonds is 3. The van der Waals surface area contributed by atoms with Gasteiger partial charge in [0.15, 0.2) is 11.1 Å². The van der Waals surface area contributed by atoms with E-state index in [-0.39, 0.29) is 6.10 Å². The molecular formula is C13H16O2S. The van der Waals surface area contributed by atoms with Crippen LogP contribution in [0.5, 0.6) is 0 Å². The van der Waals surface area contributed by atoms with Gasteiger partial charge in [0.05, 0.1) is 11.0 Å². The molecule has 0 saturated heterocycles. The summed E-state index contributed by atoms with van der Waals surface area (Å²) in [6.45, 7) is 2.01. The average molecular weight is 236 g/mol. The van der Waals surface area contributed by atoms with E-state index in [0.717, 1.165) is 24.2 Å². The minimum Gasteiger partial charge on any atom is -0.279 e. The topological polar surface area (TPSA) is 26.3 Å². The lowest BCUT2D eigenvalue weighted by Crippen LogP contribution is -2.14. The van der Waals surface area contributed by atoms with E-state index in [1.54, 1.807) is 0 Å². The van der Waals surface area contributed by atoms with Gasteiger partial charge in [0.1, 0.15) is 0 Å². The molecule has 3 heteroatoms. The van der Waals surface area contributed by atoms with Gasteiger partial charge in [-0.25, -0.2) is 4.21 Å². The Morgan fingerprint density at radius 3 is 2.69 bits per heavy atom. The number of allylic oxidation sites excluding steroid dienone is 1. The van der Waals surface area contributed by atoms with Crippen molar-refractivity contribution in [3.63, 3.8) is 0 Å². The molecule has 0 heterocycles. The molecule has 0 spiro atoms. The fourth-order valence-electron chi connectivity index (χ4n) is 1.68. The standard InChI is InChI=1S/C13H16O2S/c1-11-7-9-13(10-8-11)16(14)15-12-5-3-2-4-6-12/h3,5,7-10,12H,2,4,6H2,1H3. The monoisotopic (exact) mass is 236 g/mol. The van der Waals surface area contributed by atoms with Crippen LogP contribution < -0.4 is 0 Å². The van der Waals surface area contributed by atoms with Gasteiger partial charge < -0.3 is 0 Å². The van der Waals surface area contributed by atoms with E-state index >= 15 is 0 Å². The Bertz CT molecular complexity index is 395. The van der Waals surface area contributed by atoms with E-state index in [2.05, 4.69) is 6.08 Å². The van der Waals surface area contributed by atoms with Crippen LogP contribution in [0.15, 0.2) is 41.3 Å². The first-order valence-electron chi connectivity index (χ1n) is 5.58. The lowest BCUT2D eigenvalue weighted by molar-refractivity contribution is 0.255. The zero-order chi connectivity index (χ0) is 11.4. The van der Waals surface area contributed by atoms with Crippen molar-refractivity contribution in [2.24, 2.45) is 0 Å². The summed E-state index contributed by atoms with van der Waals surface area (Å²) in [5.74, 6) is 0. The molecule has 0 radical (unpaired) electrons. The quantitative estimate of drug-likeness (QED) is 0.754. The third kappa shape index (κ3) is 3.03. The number of hydrogen-bond donors (Lipinski definition) is 0. The van der Waals surface area contributed by atoms with Crippen molar-refractivity contribution in [3.05, 3.63) is 42.0 Å². The van der Waals surface area contributed by atoms with Crippen LogP contribution in [-0.4, -0.2) is 10.3 Å². The van der Waals surface area contributed by atoms with Crippen LogP contribution in [-0.2, 0) is 15.3 Å². The molecule has 2 rings (SSSR count). The maximum Gasteiger partial charge on any atom is 0.189 e. The van der Waals surface area contributed by atoms with Crippen molar-refractivity contribution in [3.8, 4) is 0 Å². The summed E-state index contributed by atoms with van der Waals surface area (Å²) in [5.41, 5.74) is 1.17. The van der Waals surface area contributed by atoms with Gasteiger partial charge in [-0.2, -0.15) is 0 Å². The van der Waals surface area contributed by atoms with Gasteiger partial charge in [0, 0.05) is 0 Å². The summed E-state index contributed by atoms with van der Waals surface area (Å²) in [6.07, 6.45) is 7.31. The molecule has 1 aliphatic rings. The van der Waals surface area contributed by atoms with Gasteiger partial charge >= 0.3 is 0 Å². The molecule has 0 aromatic heterocycles. The minimum atomic E-state index is -1.34. The fraction of sp³-hybridized carbons (Fsp3) is 0.385. The zero-order valence-electron chi connectivity index (χ0n) is 9.39. The normalized spacial score (nSPS) is 21.9. The molecule has 0 aliphatic heterocycles. The summed E-state index contributed by atoms with van der Waals surface area (Å²) >= 11 is -1.34. The average Bonchev–Trinajstić information content (AvgIpc) is 2.31. The molecule has 2 unspecified atom stereocenters. The molecule has 0 amide bonds. The van der Waals surface area contributed by atoms with Crippen molar-refractivity contribution in [1.82, 2.24) is 0 Å². The van der Waals surface area contributed by atoms with Crippen LogP contribution in [0.1, 0.15) is 24.8 Å². The van der Waals surface area contributed by atoms with Crippen LogP contribution >= 0.6 is 0 Å². The first-order valence-corrected chi connectivity index (χ1v) is 6.65. The number of hydrogen-bond acceptors (Lipinski definition) is 2. The fourth-order valence-corrected chi connectivity index (χ4v) is 2.53. The number of aryl methyl sites for hydroxylation is 1. The Hall–Kier alpha value is -0.930. The molecule has 16 heavy (non-hydrogen) atoms. The highest BCUT2D eigenvalue weighted by molar-refractivity contribution is 7.80. The molecule has 86 valence electrons. The van der Waals surface area contributed by atoms with Crippen LogP contribution in [0.3, 0.4) is 0 Å². The molecular weight excluding hydrogens is 220 g/mol. The van der Waals surface area contributed by atoms with Gasteiger partial charge in [-0.05, 0) is 38.3 Å². The maximum atomic E-state index is 11.9. The van der Waals surface area contributed by atoms with Gasteiger partial charge in [0.2, 0.25) is 0 Å². The van der Waals surface area contributed by atoms with Gasteiger partial charge in [0.25, 0.3) is 0 Å². The highest BCUT2D eigenvalue weighted by Gasteiger charge is 2.13. The van der Waals surface area contributed by atoms with Crippen molar-refractivity contribution in [1.29, 1.82) is 0 Å². The second-order valence-electron chi connectivity index (χ2n) is 4.04. The van der Waals surface area contributed by atoms with Crippen molar-refractivity contribution in [2.45, 2.75) is 37.2 Å². The highest BCUT2D eigenvalue weighted by Crippen LogP contribution is 2.18. The molecule has 1 aromatic rings. The smallest absolute Gasteiger partial charge is 0.189 e.